The van der Waals surface area contributed by atoms with Crippen LogP contribution in [0.5, 0.6) is 0 Å². The molecule has 1 fully saturated rings. The Morgan fingerprint density at radius 2 is 1.92 bits per heavy atom. The molecule has 0 heterocycles. The molecule has 5 unspecified atom stereocenters. The predicted molar refractivity (Wildman–Crippen MR) is 98.1 cm³/mol. The van der Waals surface area contributed by atoms with Crippen molar-refractivity contribution in [3.05, 3.63) is 24.3 Å². The number of hydrogen-bond donors (Lipinski definition) is 4. The van der Waals surface area contributed by atoms with E-state index >= 15 is 0 Å². The van der Waals surface area contributed by atoms with Gasteiger partial charge in [0.25, 0.3) is 0 Å². The van der Waals surface area contributed by atoms with Gasteiger partial charge in [-0.25, -0.2) is 0 Å². The molecule has 5 nitrogen and oxygen atoms in total. The maximum Gasteiger partial charge on any atom is 0.303 e. The van der Waals surface area contributed by atoms with Crippen LogP contribution in [0.15, 0.2) is 24.3 Å². The number of aliphatic hydroxyl groups is 3. The summed E-state index contributed by atoms with van der Waals surface area (Å²) in [5.41, 5.74) is 0. The largest absolute Gasteiger partial charge is 0.481 e. The number of aliphatic carboxylic acids is 1. The Morgan fingerprint density at radius 3 is 2.60 bits per heavy atom. The fourth-order valence-corrected chi connectivity index (χ4v) is 3.41. The number of allylic oxidation sites excluding steroid dienone is 2. The first-order chi connectivity index (χ1) is 12.0. The van der Waals surface area contributed by atoms with Crippen LogP contribution in [0.3, 0.4) is 0 Å². The van der Waals surface area contributed by atoms with Crippen LogP contribution >= 0.6 is 0 Å². The second-order valence-corrected chi connectivity index (χ2v) is 7.05. The molecular weight excluding hydrogens is 320 g/mol. The van der Waals surface area contributed by atoms with Crippen molar-refractivity contribution in [2.75, 3.05) is 0 Å². The summed E-state index contributed by atoms with van der Waals surface area (Å²) in [6, 6.07) is 0. The van der Waals surface area contributed by atoms with Crippen LogP contribution in [-0.2, 0) is 4.79 Å². The van der Waals surface area contributed by atoms with Gasteiger partial charge in [0.15, 0.2) is 0 Å². The Morgan fingerprint density at radius 1 is 1.16 bits per heavy atom. The third kappa shape index (κ3) is 8.66. The van der Waals surface area contributed by atoms with Gasteiger partial charge >= 0.3 is 5.97 Å². The second kappa shape index (κ2) is 12.2. The standard InChI is InChI=1S/C20H34O5/c1-2-3-6-9-15(21)12-13-17-16(18(22)14-19(17)23)10-7-4-5-8-11-20(24)25/h4,7,12-13,15-19,21-23H,2-3,5-6,8-11,14H2,1H3,(H,24,25)/b7-4?,13-12+. The van der Waals surface area contributed by atoms with E-state index in [0.717, 1.165) is 25.7 Å². The average molecular weight is 354 g/mol. The number of unbranched alkanes of at least 4 members (excludes halogenated alkanes) is 3. The van der Waals surface area contributed by atoms with Gasteiger partial charge < -0.3 is 20.4 Å². The molecule has 5 heteroatoms. The Bertz CT molecular complexity index is 432. The lowest BCUT2D eigenvalue weighted by molar-refractivity contribution is -0.137. The zero-order chi connectivity index (χ0) is 18.7. The first-order valence-corrected chi connectivity index (χ1v) is 9.55. The van der Waals surface area contributed by atoms with E-state index in [1.807, 2.05) is 18.2 Å². The maximum absolute atomic E-state index is 10.5. The van der Waals surface area contributed by atoms with Crippen LogP contribution in [0.1, 0.15) is 64.7 Å². The molecule has 0 aliphatic heterocycles. The summed E-state index contributed by atoms with van der Waals surface area (Å²) in [6.45, 7) is 2.12. The first kappa shape index (κ1) is 21.9. The molecule has 0 spiro atoms. The van der Waals surface area contributed by atoms with E-state index in [9.17, 15) is 20.1 Å². The fourth-order valence-electron chi connectivity index (χ4n) is 3.41. The summed E-state index contributed by atoms with van der Waals surface area (Å²) in [5.74, 6) is -1.00. The normalized spacial score (nSPS) is 28.2. The molecule has 0 amide bonds. The number of aliphatic hydroxyl groups excluding tert-OH is 3. The van der Waals surface area contributed by atoms with Gasteiger partial charge in [0, 0.05) is 18.8 Å². The van der Waals surface area contributed by atoms with E-state index < -0.39 is 24.3 Å². The van der Waals surface area contributed by atoms with Gasteiger partial charge in [-0.2, -0.15) is 0 Å². The molecule has 1 saturated carbocycles. The van der Waals surface area contributed by atoms with Crippen molar-refractivity contribution in [3.63, 3.8) is 0 Å². The zero-order valence-corrected chi connectivity index (χ0v) is 15.3. The number of carboxylic acid groups (broad SMARTS) is 1. The van der Waals surface area contributed by atoms with Crippen LogP contribution in [0.25, 0.3) is 0 Å². The number of rotatable bonds is 12. The predicted octanol–water partition coefficient (Wildman–Crippen LogP) is 3.04. The average Bonchev–Trinajstić information content (AvgIpc) is 2.82. The Balaban J connectivity index is 2.46. The molecule has 0 aromatic rings. The van der Waals surface area contributed by atoms with Crippen molar-refractivity contribution in [1.82, 2.24) is 0 Å². The molecule has 1 aliphatic rings. The van der Waals surface area contributed by atoms with Gasteiger partial charge in [-0.05, 0) is 31.6 Å². The molecule has 25 heavy (non-hydrogen) atoms. The molecule has 4 N–H and O–H groups in total. The van der Waals surface area contributed by atoms with Crippen LogP contribution in [0.4, 0.5) is 0 Å². The molecule has 0 saturated heterocycles. The number of carbonyl (C=O) groups is 1. The van der Waals surface area contributed by atoms with Crippen LogP contribution in [0.2, 0.25) is 0 Å². The van der Waals surface area contributed by atoms with E-state index in [2.05, 4.69) is 6.92 Å². The van der Waals surface area contributed by atoms with Crippen molar-refractivity contribution in [2.45, 2.75) is 83.0 Å². The first-order valence-electron chi connectivity index (χ1n) is 9.55. The van der Waals surface area contributed by atoms with E-state index in [1.54, 1.807) is 6.08 Å². The zero-order valence-electron chi connectivity index (χ0n) is 15.3. The third-order valence-corrected chi connectivity index (χ3v) is 4.91. The van der Waals surface area contributed by atoms with Crippen molar-refractivity contribution in [3.8, 4) is 0 Å². The smallest absolute Gasteiger partial charge is 0.303 e. The van der Waals surface area contributed by atoms with Crippen molar-refractivity contribution in [2.24, 2.45) is 11.8 Å². The van der Waals surface area contributed by atoms with Gasteiger partial charge in [-0.3, -0.25) is 4.79 Å². The minimum absolute atomic E-state index is 0.0650. The molecule has 1 rings (SSSR count). The molecule has 1 aliphatic carbocycles. The fraction of sp³-hybridized carbons (Fsp3) is 0.750. The van der Waals surface area contributed by atoms with Crippen LogP contribution in [-0.4, -0.2) is 44.7 Å². The topological polar surface area (TPSA) is 98.0 Å². The molecule has 5 atom stereocenters. The highest BCUT2D eigenvalue weighted by Crippen LogP contribution is 2.36. The molecule has 144 valence electrons. The third-order valence-electron chi connectivity index (χ3n) is 4.91. The molecule has 0 bridgehead atoms. The van der Waals surface area contributed by atoms with Crippen molar-refractivity contribution >= 4 is 5.97 Å². The highest BCUT2D eigenvalue weighted by Gasteiger charge is 2.39. The van der Waals surface area contributed by atoms with E-state index in [0.29, 0.717) is 25.7 Å². The highest BCUT2D eigenvalue weighted by molar-refractivity contribution is 5.66. The molecule has 0 aromatic carbocycles. The summed E-state index contributed by atoms with van der Waals surface area (Å²) in [6.07, 6.45) is 12.3. The van der Waals surface area contributed by atoms with E-state index in [-0.39, 0.29) is 18.3 Å². The number of carboxylic acids is 1. The Labute approximate surface area is 151 Å². The van der Waals surface area contributed by atoms with Gasteiger partial charge in [0.2, 0.25) is 0 Å². The highest BCUT2D eigenvalue weighted by atomic mass is 16.4. The van der Waals surface area contributed by atoms with Gasteiger partial charge in [0.1, 0.15) is 0 Å². The lowest BCUT2D eigenvalue weighted by atomic mass is 9.89. The summed E-state index contributed by atoms with van der Waals surface area (Å²) < 4.78 is 0. The SMILES string of the molecule is CCCCCC(O)/C=C/C1C(O)CC(O)C1CC=CCCCC(=O)O. The van der Waals surface area contributed by atoms with Gasteiger partial charge in [-0.15, -0.1) is 0 Å². The van der Waals surface area contributed by atoms with Crippen LogP contribution in [0, 0.1) is 11.8 Å². The lowest BCUT2D eigenvalue weighted by Gasteiger charge is -2.19. The van der Waals surface area contributed by atoms with Gasteiger partial charge in [-0.1, -0.05) is 50.5 Å². The van der Waals surface area contributed by atoms with Gasteiger partial charge in [0.05, 0.1) is 18.3 Å². The number of hydrogen-bond acceptors (Lipinski definition) is 4. The lowest BCUT2D eigenvalue weighted by Crippen LogP contribution is -2.20. The van der Waals surface area contributed by atoms with Crippen LogP contribution < -0.4 is 0 Å². The summed E-state index contributed by atoms with van der Waals surface area (Å²) in [7, 11) is 0. The monoisotopic (exact) mass is 354 g/mol. The van der Waals surface area contributed by atoms with Crippen molar-refractivity contribution < 1.29 is 25.2 Å². The quantitative estimate of drug-likeness (QED) is 0.319. The van der Waals surface area contributed by atoms with E-state index in [1.165, 1.54) is 0 Å². The molecular formula is C20H34O5. The summed E-state index contributed by atoms with van der Waals surface area (Å²) in [4.78, 5) is 10.5. The summed E-state index contributed by atoms with van der Waals surface area (Å²) in [5, 5.41) is 39.0. The second-order valence-electron chi connectivity index (χ2n) is 7.05. The molecule has 0 radical (unpaired) electrons. The maximum atomic E-state index is 10.5. The summed E-state index contributed by atoms with van der Waals surface area (Å²) >= 11 is 0. The van der Waals surface area contributed by atoms with E-state index in [4.69, 9.17) is 5.11 Å². The molecule has 0 aromatic heterocycles. The Hall–Kier alpha value is -1.17. The van der Waals surface area contributed by atoms with Crippen molar-refractivity contribution in [1.29, 1.82) is 0 Å². The Kier molecular flexibility index (Phi) is 10.7. The minimum Gasteiger partial charge on any atom is -0.481 e. The minimum atomic E-state index is -0.787.